The second-order valence-electron chi connectivity index (χ2n) is 7.46. The van der Waals surface area contributed by atoms with Crippen LogP contribution in [0.3, 0.4) is 0 Å². The molecule has 1 aromatic carbocycles. The fourth-order valence-corrected chi connectivity index (χ4v) is 5.09. The fourth-order valence-electron chi connectivity index (χ4n) is 3.83. The van der Waals surface area contributed by atoms with Gasteiger partial charge in [-0.15, -0.1) is 11.8 Å². The maximum Gasteiger partial charge on any atom is 0.355 e. The van der Waals surface area contributed by atoms with Crippen LogP contribution in [0.4, 0.5) is 5.69 Å². The topological polar surface area (TPSA) is 125 Å². The number of ether oxygens (including phenoxy) is 3. The zero-order valence-electron chi connectivity index (χ0n) is 17.0. The Morgan fingerprint density at radius 2 is 2.09 bits per heavy atom. The number of hydrogen-bond acceptors (Lipinski definition) is 9. The van der Waals surface area contributed by atoms with Crippen LogP contribution in [-0.2, 0) is 35.2 Å². The molecule has 0 aliphatic carbocycles. The van der Waals surface area contributed by atoms with Gasteiger partial charge in [0.2, 0.25) is 5.91 Å². The zero-order valence-corrected chi connectivity index (χ0v) is 17.9. The third kappa shape index (κ3) is 4.20. The lowest BCUT2D eigenvalue weighted by Crippen LogP contribution is -2.64. The summed E-state index contributed by atoms with van der Waals surface area (Å²) in [7, 11) is 0. The van der Waals surface area contributed by atoms with E-state index in [9.17, 15) is 24.5 Å². The van der Waals surface area contributed by atoms with Crippen LogP contribution in [0.15, 0.2) is 47.7 Å². The van der Waals surface area contributed by atoms with E-state index in [1.807, 2.05) is 6.08 Å². The van der Waals surface area contributed by atoms with Crippen molar-refractivity contribution >= 4 is 35.3 Å². The summed E-state index contributed by atoms with van der Waals surface area (Å²) >= 11 is 1.29. The molecule has 1 fully saturated rings. The van der Waals surface area contributed by atoms with Crippen LogP contribution in [0, 0.1) is 16.0 Å². The highest BCUT2D eigenvalue weighted by Crippen LogP contribution is 2.48. The molecule has 3 aliphatic rings. The van der Waals surface area contributed by atoms with Crippen molar-refractivity contribution in [2.75, 3.05) is 0 Å². The van der Waals surface area contributed by atoms with Crippen LogP contribution < -0.4 is 0 Å². The van der Waals surface area contributed by atoms with Crippen molar-refractivity contribution < 1.29 is 33.5 Å². The highest BCUT2D eigenvalue weighted by atomic mass is 32.2. The van der Waals surface area contributed by atoms with E-state index >= 15 is 0 Å². The van der Waals surface area contributed by atoms with E-state index in [1.165, 1.54) is 47.9 Å². The number of amides is 1. The van der Waals surface area contributed by atoms with Gasteiger partial charge >= 0.3 is 11.9 Å². The molecule has 0 aromatic heterocycles. The summed E-state index contributed by atoms with van der Waals surface area (Å²) in [6.45, 7) is 1.20. The van der Waals surface area contributed by atoms with E-state index in [1.54, 1.807) is 11.7 Å². The van der Waals surface area contributed by atoms with Gasteiger partial charge in [0.15, 0.2) is 6.10 Å². The summed E-state index contributed by atoms with van der Waals surface area (Å²) < 4.78 is 16.3. The van der Waals surface area contributed by atoms with Crippen molar-refractivity contribution in [2.45, 2.75) is 44.0 Å². The van der Waals surface area contributed by atoms with Gasteiger partial charge in [-0.2, -0.15) is 0 Å². The number of esters is 2. The molecule has 0 saturated carbocycles. The molecule has 1 aromatic rings. The van der Waals surface area contributed by atoms with Crippen LogP contribution in [0.1, 0.15) is 25.3 Å². The van der Waals surface area contributed by atoms with Crippen LogP contribution in [-0.4, -0.2) is 45.3 Å². The molecule has 11 heteroatoms. The van der Waals surface area contributed by atoms with Crippen molar-refractivity contribution in [1.29, 1.82) is 0 Å². The Morgan fingerprint density at radius 1 is 1.34 bits per heavy atom. The zero-order chi connectivity index (χ0) is 22.8. The molecule has 32 heavy (non-hydrogen) atoms. The summed E-state index contributed by atoms with van der Waals surface area (Å²) in [5.74, 6) is -2.14. The number of carbonyl (C=O) groups excluding carboxylic acids is 3. The van der Waals surface area contributed by atoms with E-state index in [-0.39, 0.29) is 29.3 Å². The highest BCUT2D eigenvalue weighted by molar-refractivity contribution is 8.03. The lowest BCUT2D eigenvalue weighted by Gasteiger charge is -2.47. The Hall–Kier alpha value is -3.34. The number of nitro benzene ring substituents is 1. The summed E-state index contributed by atoms with van der Waals surface area (Å²) in [6.07, 6.45) is 3.60. The predicted molar refractivity (Wildman–Crippen MR) is 111 cm³/mol. The maximum absolute atomic E-state index is 12.9. The molecular formula is C21H20N2O8S. The quantitative estimate of drug-likeness (QED) is 0.261. The highest BCUT2D eigenvalue weighted by Gasteiger charge is 2.59. The summed E-state index contributed by atoms with van der Waals surface area (Å²) in [6, 6.07) is 5.65. The standard InChI is InChI=1S/C21H20N2O8S/c1-12(24)31-18(16-4-2-3-9-29-16)17-19(25)22-15(11-32-20(17)22)21(26)30-10-13-5-7-14(8-6-13)23(27)28/h3,5-9,11,16-18,20H,2,4,10H2,1H3. The van der Waals surface area contributed by atoms with E-state index < -0.39 is 35.0 Å². The first-order valence-corrected chi connectivity index (χ1v) is 10.9. The van der Waals surface area contributed by atoms with Crippen molar-refractivity contribution in [3.8, 4) is 0 Å². The fraction of sp³-hybridized carbons (Fsp3) is 0.381. The first-order chi connectivity index (χ1) is 15.4. The van der Waals surface area contributed by atoms with Gasteiger partial charge < -0.3 is 14.2 Å². The minimum atomic E-state index is -0.748. The largest absolute Gasteiger partial charge is 0.494 e. The van der Waals surface area contributed by atoms with Gasteiger partial charge in [-0.25, -0.2) is 4.79 Å². The molecule has 1 amide bonds. The van der Waals surface area contributed by atoms with E-state index in [4.69, 9.17) is 14.2 Å². The molecule has 4 rings (SSSR count). The molecule has 3 heterocycles. The van der Waals surface area contributed by atoms with E-state index in [0.717, 1.165) is 6.42 Å². The summed E-state index contributed by atoms with van der Waals surface area (Å²) in [4.78, 5) is 48.7. The Kier molecular flexibility index (Phi) is 6.17. The third-order valence-corrected chi connectivity index (χ3v) is 6.52. The summed E-state index contributed by atoms with van der Waals surface area (Å²) in [5.41, 5.74) is 0.640. The number of carbonyl (C=O) groups is 3. The second kappa shape index (κ2) is 9.03. The van der Waals surface area contributed by atoms with Gasteiger partial charge in [-0.05, 0) is 36.6 Å². The monoisotopic (exact) mass is 460 g/mol. The first-order valence-electron chi connectivity index (χ1n) is 9.93. The molecular weight excluding hydrogens is 440 g/mol. The number of thioether (sulfide) groups is 1. The number of rotatable bonds is 7. The molecule has 0 spiro atoms. The number of β-lactam (4-membered cyclic amide) rings is 1. The molecule has 4 unspecified atom stereocenters. The minimum Gasteiger partial charge on any atom is -0.494 e. The number of fused-ring (bicyclic) bond motifs is 1. The normalized spacial score (nSPS) is 24.5. The van der Waals surface area contributed by atoms with Crippen LogP contribution in [0.5, 0.6) is 0 Å². The van der Waals surface area contributed by atoms with Crippen molar-refractivity contribution in [1.82, 2.24) is 4.90 Å². The molecule has 1 saturated heterocycles. The van der Waals surface area contributed by atoms with Gasteiger partial charge in [0.05, 0.1) is 11.2 Å². The third-order valence-electron chi connectivity index (χ3n) is 5.38. The van der Waals surface area contributed by atoms with Gasteiger partial charge in [0, 0.05) is 24.5 Å². The van der Waals surface area contributed by atoms with Gasteiger partial charge in [0.1, 0.15) is 29.7 Å². The van der Waals surface area contributed by atoms with Crippen LogP contribution in [0.2, 0.25) is 0 Å². The number of allylic oxidation sites excluding steroid dienone is 1. The predicted octanol–water partition coefficient (Wildman–Crippen LogP) is 2.64. The number of nitro groups is 1. The van der Waals surface area contributed by atoms with Crippen LogP contribution in [0.25, 0.3) is 0 Å². The Labute approximate surface area is 187 Å². The molecule has 10 nitrogen and oxygen atoms in total. The molecule has 0 N–H and O–H groups in total. The number of benzene rings is 1. The lowest BCUT2D eigenvalue weighted by atomic mass is 9.86. The average Bonchev–Trinajstić information content (AvgIpc) is 3.17. The minimum absolute atomic E-state index is 0.0604. The van der Waals surface area contributed by atoms with Gasteiger partial charge in [0.25, 0.3) is 5.69 Å². The Balaban J connectivity index is 1.39. The van der Waals surface area contributed by atoms with E-state index in [2.05, 4.69) is 0 Å². The summed E-state index contributed by atoms with van der Waals surface area (Å²) in [5, 5.41) is 11.9. The molecule has 4 atom stereocenters. The smallest absolute Gasteiger partial charge is 0.355 e. The molecule has 3 aliphatic heterocycles. The molecule has 0 bridgehead atoms. The maximum atomic E-state index is 12.9. The van der Waals surface area contributed by atoms with Crippen molar-refractivity contribution in [2.24, 2.45) is 5.92 Å². The van der Waals surface area contributed by atoms with Gasteiger partial charge in [-0.1, -0.05) is 0 Å². The number of hydrogen-bond donors (Lipinski definition) is 0. The number of nitrogens with zero attached hydrogens (tertiary/aromatic N) is 2. The Morgan fingerprint density at radius 3 is 2.72 bits per heavy atom. The number of non-ortho nitro benzene ring substituents is 1. The van der Waals surface area contributed by atoms with Crippen LogP contribution >= 0.6 is 11.8 Å². The Bertz CT molecular complexity index is 1010. The molecule has 168 valence electrons. The van der Waals surface area contributed by atoms with Gasteiger partial charge in [-0.3, -0.25) is 24.6 Å². The second-order valence-corrected chi connectivity index (χ2v) is 8.45. The molecule has 0 radical (unpaired) electrons. The van der Waals surface area contributed by atoms with E-state index in [0.29, 0.717) is 12.0 Å². The lowest BCUT2D eigenvalue weighted by molar-refractivity contribution is -0.384. The van der Waals surface area contributed by atoms with Crippen molar-refractivity contribution in [3.63, 3.8) is 0 Å². The first kappa shape index (κ1) is 21.9. The SMILES string of the molecule is CC(=O)OC(C1CCC=CO1)C1C(=O)N2C(C(=O)OCc3ccc([N+](=O)[O-])cc3)=CSC12. The average molecular weight is 460 g/mol. The van der Waals surface area contributed by atoms with Crippen molar-refractivity contribution in [3.05, 3.63) is 63.4 Å².